The van der Waals surface area contributed by atoms with E-state index in [9.17, 15) is 4.79 Å². The maximum Gasteiger partial charge on any atom is 0.169 e. The Morgan fingerprint density at radius 1 is 0.591 bits per heavy atom. The fraction of sp³-hybridized carbons (Fsp3) is 0.508. The van der Waals surface area contributed by atoms with E-state index in [0.717, 1.165) is 56.9 Å². The van der Waals surface area contributed by atoms with Crippen molar-refractivity contribution in [3.05, 3.63) is 82.7 Å². The SMILES string of the molecule is CCC(CC)(CC)c1cc2c3cc4c(cc3n3c5cnc6c(c5c(c1)c23)C(C)(C)CC6(C)C)c1cc([Si](C(C)C)(C(C)C)C(C)C)cc2c3cc5c(cc3n4c21)C(=O)C1(C)CCC5(C)CC1. The molecule has 0 aliphatic heterocycles. The maximum atomic E-state index is 14.9. The molecule has 13 rings (SSSR count). The van der Waals surface area contributed by atoms with Crippen molar-refractivity contribution in [2.24, 2.45) is 5.41 Å². The van der Waals surface area contributed by atoms with E-state index < -0.39 is 8.07 Å². The molecule has 2 bridgehead atoms. The first kappa shape index (κ1) is 42.8. The molecule has 0 unspecified atom stereocenters. The zero-order valence-corrected chi connectivity index (χ0v) is 43.8. The predicted molar refractivity (Wildman–Crippen MR) is 286 cm³/mol. The molecule has 1 fully saturated rings. The number of benzene rings is 4. The van der Waals surface area contributed by atoms with Gasteiger partial charge in [-0.05, 0) is 137 Å². The topological polar surface area (TPSA) is 38.8 Å². The predicted octanol–water partition coefficient (Wildman–Crippen LogP) is 16.7. The van der Waals surface area contributed by atoms with Gasteiger partial charge in [0.05, 0.1) is 53.1 Å². The highest BCUT2D eigenvalue weighted by Crippen LogP contribution is 2.57. The molecular formula is C61H73N3OSi. The van der Waals surface area contributed by atoms with E-state index >= 15 is 0 Å². The average Bonchev–Trinajstić information content (AvgIpc) is 4.00. The van der Waals surface area contributed by atoms with Gasteiger partial charge in [0, 0.05) is 59.5 Å². The lowest BCUT2D eigenvalue weighted by molar-refractivity contribution is 0.0732. The van der Waals surface area contributed by atoms with Crippen molar-refractivity contribution in [1.29, 1.82) is 0 Å². The average molecular weight is 892 g/mol. The first-order valence-electron chi connectivity index (χ1n) is 26.1. The van der Waals surface area contributed by atoms with Gasteiger partial charge in [0.2, 0.25) is 0 Å². The molecule has 342 valence electrons. The third-order valence-corrected chi connectivity index (χ3v) is 27.2. The molecule has 4 aromatic carbocycles. The molecular weight excluding hydrogens is 819 g/mol. The van der Waals surface area contributed by atoms with Gasteiger partial charge in [-0.1, -0.05) is 121 Å². The van der Waals surface area contributed by atoms with Crippen molar-refractivity contribution >= 4 is 95.2 Å². The Morgan fingerprint density at radius 3 is 1.64 bits per heavy atom. The van der Waals surface area contributed by atoms with Crippen molar-refractivity contribution < 1.29 is 4.79 Å². The molecule has 0 amide bonds. The normalized spacial score (nSPS) is 22.2. The minimum absolute atomic E-state index is 0.00215. The number of hydrogen-bond acceptors (Lipinski definition) is 2. The molecule has 0 atom stereocenters. The second-order valence-corrected chi connectivity index (χ2v) is 31.1. The van der Waals surface area contributed by atoms with E-state index in [-0.39, 0.29) is 27.1 Å². The Morgan fingerprint density at radius 2 is 1.08 bits per heavy atom. The molecule has 0 radical (unpaired) electrons. The summed E-state index contributed by atoms with van der Waals surface area (Å²) in [7, 11) is -2.10. The van der Waals surface area contributed by atoms with Gasteiger partial charge in [-0.25, -0.2) is 0 Å². The van der Waals surface area contributed by atoms with Crippen LogP contribution >= 0.6 is 0 Å². The van der Waals surface area contributed by atoms with Crippen LogP contribution in [-0.2, 0) is 21.7 Å². The summed E-state index contributed by atoms with van der Waals surface area (Å²) in [5, 5.41) is 12.5. The number of nitrogens with zero attached hydrogens (tertiary/aromatic N) is 3. The molecule has 4 aliphatic carbocycles. The second-order valence-electron chi connectivity index (χ2n) is 25.2. The third kappa shape index (κ3) is 4.92. The number of pyridine rings is 1. The van der Waals surface area contributed by atoms with Crippen molar-refractivity contribution in [3.63, 3.8) is 0 Å². The fourth-order valence-electron chi connectivity index (χ4n) is 16.8. The van der Waals surface area contributed by atoms with Gasteiger partial charge in [-0.3, -0.25) is 9.78 Å². The van der Waals surface area contributed by atoms with Crippen molar-refractivity contribution in [1.82, 2.24) is 13.8 Å². The fourth-order valence-corrected chi connectivity index (χ4v) is 23.6. The number of hydrogen-bond donors (Lipinski definition) is 0. The number of Topliss-reactive ketones (excluding diaryl/α,β-unsaturated/α-hetero) is 1. The number of aromatic nitrogens is 3. The lowest BCUT2D eigenvalue weighted by Gasteiger charge is -2.43. The van der Waals surface area contributed by atoms with Crippen LogP contribution in [0.4, 0.5) is 0 Å². The summed E-state index contributed by atoms with van der Waals surface area (Å²) in [5.74, 6) is 0.362. The summed E-state index contributed by atoms with van der Waals surface area (Å²) in [6, 6.07) is 20.6. The van der Waals surface area contributed by atoms with E-state index in [4.69, 9.17) is 4.98 Å². The maximum absolute atomic E-state index is 14.9. The smallest absolute Gasteiger partial charge is 0.169 e. The largest absolute Gasteiger partial charge is 0.308 e. The van der Waals surface area contributed by atoms with Gasteiger partial charge < -0.3 is 8.80 Å². The molecule has 9 aromatic rings. The lowest BCUT2D eigenvalue weighted by atomic mass is 9.65. The summed E-state index contributed by atoms with van der Waals surface area (Å²) in [6.07, 6.45) is 10.8. The van der Waals surface area contributed by atoms with Gasteiger partial charge in [0.1, 0.15) is 0 Å². The third-order valence-electron chi connectivity index (χ3n) is 20.2. The van der Waals surface area contributed by atoms with E-state index in [1.165, 1.54) is 98.6 Å². The standard InChI is InChI=1S/C61H73N3OSi/c1-16-61(17-2,18-3)36-23-41-39-28-47-40(29-48(39)64-50-31-62-55-52(51(50)45(24-36)54(41)64)57(10,11)32-58(55,12)13)43-26-37(66(33(4)5,34(6)7)35(8)9)25-42-38-27-46-44(30-49(38)63(47)53(42)43)56(65)60(15)21-19-59(46,14)20-22-60/h23-31,33-35H,16-22,32H2,1-15H3. The highest BCUT2D eigenvalue weighted by atomic mass is 28.3. The Balaban J connectivity index is 1.30. The van der Waals surface area contributed by atoms with Crippen molar-refractivity contribution in [2.45, 2.75) is 194 Å². The first-order valence-corrected chi connectivity index (χ1v) is 28.3. The Kier molecular flexibility index (Phi) is 8.56. The molecule has 0 saturated heterocycles. The highest BCUT2D eigenvalue weighted by Gasteiger charge is 2.50. The number of fused-ring (bicyclic) bond motifs is 16. The molecule has 5 heteroatoms. The van der Waals surface area contributed by atoms with Crippen LogP contribution in [0.15, 0.2) is 54.7 Å². The molecule has 0 spiro atoms. The van der Waals surface area contributed by atoms with Crippen LogP contribution in [-0.4, -0.2) is 27.6 Å². The molecule has 4 nitrogen and oxygen atoms in total. The van der Waals surface area contributed by atoms with Crippen LogP contribution in [0.5, 0.6) is 0 Å². The zero-order valence-electron chi connectivity index (χ0n) is 42.8. The van der Waals surface area contributed by atoms with Crippen molar-refractivity contribution in [2.75, 3.05) is 0 Å². The second kappa shape index (κ2) is 13.2. The van der Waals surface area contributed by atoms with E-state index in [1.807, 2.05) is 0 Å². The van der Waals surface area contributed by atoms with Gasteiger partial charge in [-0.15, -0.1) is 0 Å². The summed E-state index contributed by atoms with van der Waals surface area (Å²) in [5.41, 5.74) is 15.7. The van der Waals surface area contributed by atoms with Crippen LogP contribution in [0.2, 0.25) is 16.6 Å². The van der Waals surface area contributed by atoms with E-state index in [0.29, 0.717) is 22.4 Å². The Labute approximate surface area is 393 Å². The van der Waals surface area contributed by atoms with E-state index in [1.54, 1.807) is 5.19 Å². The van der Waals surface area contributed by atoms with Gasteiger partial charge in [-0.2, -0.15) is 0 Å². The van der Waals surface area contributed by atoms with Crippen molar-refractivity contribution in [3.8, 4) is 0 Å². The van der Waals surface area contributed by atoms with Crippen LogP contribution in [0.1, 0.15) is 188 Å². The highest BCUT2D eigenvalue weighted by molar-refractivity contribution is 6.95. The van der Waals surface area contributed by atoms with Crippen LogP contribution in [0, 0.1) is 5.41 Å². The molecule has 5 aromatic heterocycles. The minimum Gasteiger partial charge on any atom is -0.308 e. The Bertz CT molecular complexity index is 3530. The van der Waals surface area contributed by atoms with E-state index in [2.05, 4.69) is 167 Å². The Hall–Kier alpha value is -4.48. The first-order chi connectivity index (χ1) is 31.1. The summed E-state index contributed by atoms with van der Waals surface area (Å²) in [6.45, 7) is 36.7. The number of carbonyl (C=O) groups is 1. The zero-order chi connectivity index (χ0) is 46.7. The summed E-state index contributed by atoms with van der Waals surface area (Å²) in [4.78, 5) is 20.3. The molecule has 5 heterocycles. The summed E-state index contributed by atoms with van der Waals surface area (Å²) >= 11 is 0. The van der Waals surface area contributed by atoms with Crippen LogP contribution in [0.25, 0.3) is 76.2 Å². The quantitative estimate of drug-likeness (QED) is 0.143. The van der Waals surface area contributed by atoms with Gasteiger partial charge in [0.15, 0.2) is 5.78 Å². The number of ketones is 1. The minimum atomic E-state index is -2.10. The van der Waals surface area contributed by atoms with Gasteiger partial charge >= 0.3 is 0 Å². The summed E-state index contributed by atoms with van der Waals surface area (Å²) < 4.78 is 5.23. The van der Waals surface area contributed by atoms with Crippen LogP contribution < -0.4 is 5.19 Å². The molecule has 4 aliphatic rings. The number of rotatable bonds is 8. The van der Waals surface area contributed by atoms with Gasteiger partial charge in [0.25, 0.3) is 0 Å². The molecule has 66 heavy (non-hydrogen) atoms. The molecule has 0 N–H and O–H groups in total. The molecule has 1 saturated carbocycles. The lowest BCUT2D eigenvalue weighted by Crippen LogP contribution is -2.55. The van der Waals surface area contributed by atoms with Crippen LogP contribution in [0.3, 0.4) is 0 Å². The monoisotopic (exact) mass is 892 g/mol. The number of carbonyl (C=O) groups excluding carboxylic acids is 1.